The first-order chi connectivity index (χ1) is 7.69. The molecule has 16 heavy (non-hydrogen) atoms. The highest BCUT2D eigenvalue weighted by Crippen LogP contribution is 2.27. The SMILES string of the molecule is N#Cc1cnc(SCCCCl)c([N+](=O)[O-])c1. The van der Waals surface area contributed by atoms with Crippen molar-refractivity contribution in [3.8, 4) is 6.07 Å². The van der Waals surface area contributed by atoms with Crippen LogP contribution in [0.25, 0.3) is 0 Å². The summed E-state index contributed by atoms with van der Waals surface area (Å²) in [6.45, 7) is 0. The Balaban J connectivity index is 2.91. The molecule has 0 bridgehead atoms. The fourth-order valence-electron chi connectivity index (χ4n) is 0.967. The minimum atomic E-state index is -0.531. The van der Waals surface area contributed by atoms with Crippen molar-refractivity contribution in [2.75, 3.05) is 11.6 Å². The fourth-order valence-corrected chi connectivity index (χ4v) is 2.15. The van der Waals surface area contributed by atoms with Crippen molar-refractivity contribution < 1.29 is 4.92 Å². The van der Waals surface area contributed by atoms with Gasteiger partial charge in [0, 0.05) is 23.9 Å². The molecule has 0 N–H and O–H groups in total. The molecule has 0 atom stereocenters. The average Bonchev–Trinajstić information content (AvgIpc) is 2.29. The number of nitrogens with zero attached hydrogens (tertiary/aromatic N) is 3. The van der Waals surface area contributed by atoms with E-state index in [2.05, 4.69) is 4.98 Å². The largest absolute Gasteiger partial charge is 0.302 e. The summed E-state index contributed by atoms with van der Waals surface area (Å²) in [5, 5.41) is 19.7. The minimum absolute atomic E-state index is 0.126. The number of nitro groups is 1. The quantitative estimate of drug-likeness (QED) is 0.266. The molecule has 0 aliphatic carbocycles. The van der Waals surface area contributed by atoms with Crippen molar-refractivity contribution in [1.29, 1.82) is 5.26 Å². The van der Waals surface area contributed by atoms with Crippen molar-refractivity contribution >= 4 is 29.1 Å². The molecule has 1 aromatic heterocycles. The third-order valence-corrected chi connectivity index (χ3v) is 3.02. The first-order valence-electron chi connectivity index (χ1n) is 4.42. The van der Waals surface area contributed by atoms with Gasteiger partial charge in [-0.05, 0) is 6.42 Å². The molecule has 84 valence electrons. The van der Waals surface area contributed by atoms with Gasteiger partial charge in [-0.1, -0.05) is 11.8 Å². The summed E-state index contributed by atoms with van der Waals surface area (Å²) in [5.74, 6) is 1.18. The monoisotopic (exact) mass is 257 g/mol. The van der Waals surface area contributed by atoms with E-state index >= 15 is 0 Å². The number of alkyl halides is 1. The number of hydrogen-bond donors (Lipinski definition) is 0. The molecule has 0 amide bonds. The molecule has 5 nitrogen and oxygen atoms in total. The van der Waals surface area contributed by atoms with Gasteiger partial charge in [0.25, 0.3) is 0 Å². The average molecular weight is 258 g/mol. The Bertz CT molecular complexity index is 433. The number of pyridine rings is 1. The molecule has 0 aliphatic heterocycles. The van der Waals surface area contributed by atoms with Gasteiger partial charge in [-0.3, -0.25) is 10.1 Å². The van der Waals surface area contributed by atoms with Crippen LogP contribution in [0.1, 0.15) is 12.0 Å². The molecule has 0 fully saturated rings. The van der Waals surface area contributed by atoms with Crippen LogP contribution < -0.4 is 0 Å². The van der Waals surface area contributed by atoms with Crippen LogP contribution in [0.15, 0.2) is 17.3 Å². The van der Waals surface area contributed by atoms with E-state index in [0.29, 0.717) is 16.7 Å². The first kappa shape index (κ1) is 12.7. The molecule has 0 spiro atoms. The van der Waals surface area contributed by atoms with Gasteiger partial charge in [-0.2, -0.15) is 5.26 Å². The van der Waals surface area contributed by atoms with E-state index in [1.54, 1.807) is 0 Å². The predicted octanol–water partition coefficient (Wildman–Crippen LogP) is 2.58. The first-order valence-corrected chi connectivity index (χ1v) is 5.94. The van der Waals surface area contributed by atoms with E-state index in [9.17, 15) is 10.1 Å². The molecule has 0 radical (unpaired) electrons. The van der Waals surface area contributed by atoms with Crippen molar-refractivity contribution in [2.24, 2.45) is 0 Å². The van der Waals surface area contributed by atoms with E-state index < -0.39 is 4.92 Å². The number of halogens is 1. The second-order valence-corrected chi connectivity index (χ2v) is 4.27. The number of nitriles is 1. The van der Waals surface area contributed by atoms with E-state index in [1.807, 2.05) is 6.07 Å². The molecular weight excluding hydrogens is 250 g/mol. The third-order valence-electron chi connectivity index (χ3n) is 1.67. The number of thioether (sulfide) groups is 1. The Morgan fingerprint density at radius 2 is 2.44 bits per heavy atom. The van der Waals surface area contributed by atoms with Gasteiger partial charge < -0.3 is 0 Å². The Hall–Kier alpha value is -1.32. The van der Waals surface area contributed by atoms with E-state index in [4.69, 9.17) is 16.9 Å². The second-order valence-electron chi connectivity index (χ2n) is 2.81. The summed E-state index contributed by atoms with van der Waals surface area (Å²) >= 11 is 6.78. The number of hydrogen-bond acceptors (Lipinski definition) is 5. The molecule has 7 heteroatoms. The van der Waals surface area contributed by atoms with Crippen LogP contribution in [0.3, 0.4) is 0 Å². The Labute approximate surface area is 102 Å². The van der Waals surface area contributed by atoms with Gasteiger partial charge in [0.2, 0.25) is 0 Å². The van der Waals surface area contributed by atoms with Crippen LogP contribution >= 0.6 is 23.4 Å². The van der Waals surface area contributed by atoms with Crippen molar-refractivity contribution in [1.82, 2.24) is 4.98 Å². The van der Waals surface area contributed by atoms with Crippen LogP contribution in [-0.4, -0.2) is 21.5 Å². The van der Waals surface area contributed by atoms with Crippen LogP contribution in [0.5, 0.6) is 0 Å². The molecule has 1 heterocycles. The summed E-state index contributed by atoms with van der Waals surface area (Å²) in [4.78, 5) is 14.1. The van der Waals surface area contributed by atoms with Crippen LogP contribution in [0, 0.1) is 21.4 Å². The van der Waals surface area contributed by atoms with Crippen molar-refractivity contribution in [3.05, 3.63) is 27.9 Å². The van der Waals surface area contributed by atoms with Gasteiger partial charge in [0.15, 0.2) is 5.03 Å². The smallest absolute Gasteiger partial charge is 0.258 e. The summed E-state index contributed by atoms with van der Waals surface area (Å²) in [6.07, 6.45) is 2.08. The van der Waals surface area contributed by atoms with Gasteiger partial charge >= 0.3 is 5.69 Å². The maximum absolute atomic E-state index is 10.7. The number of aromatic nitrogens is 1. The topological polar surface area (TPSA) is 79.8 Å². The van der Waals surface area contributed by atoms with Gasteiger partial charge in [-0.15, -0.1) is 11.6 Å². The molecular formula is C9H8ClN3O2S. The maximum atomic E-state index is 10.7. The Kier molecular flexibility index (Phi) is 5.02. The molecule has 1 aromatic rings. The van der Waals surface area contributed by atoms with E-state index in [1.165, 1.54) is 24.0 Å². The van der Waals surface area contributed by atoms with Crippen LogP contribution in [0.2, 0.25) is 0 Å². The zero-order chi connectivity index (χ0) is 12.0. The van der Waals surface area contributed by atoms with Crippen LogP contribution in [0.4, 0.5) is 5.69 Å². The van der Waals surface area contributed by atoms with Gasteiger partial charge in [-0.25, -0.2) is 4.98 Å². The standard InChI is InChI=1S/C9H8ClN3O2S/c10-2-1-3-16-9-8(13(14)15)4-7(5-11)6-12-9/h4,6H,1-3H2. The molecule has 0 aromatic carbocycles. The molecule has 0 saturated carbocycles. The lowest BCUT2D eigenvalue weighted by molar-refractivity contribution is -0.388. The summed E-state index contributed by atoms with van der Waals surface area (Å²) < 4.78 is 0. The molecule has 0 unspecified atom stereocenters. The Morgan fingerprint density at radius 3 is 3.00 bits per heavy atom. The molecule has 0 saturated heterocycles. The molecule has 0 aliphatic rings. The lowest BCUT2D eigenvalue weighted by atomic mass is 10.3. The zero-order valence-corrected chi connectivity index (χ0v) is 9.79. The Morgan fingerprint density at radius 1 is 1.69 bits per heavy atom. The lowest BCUT2D eigenvalue weighted by Gasteiger charge is -2.00. The third kappa shape index (κ3) is 3.36. The highest BCUT2D eigenvalue weighted by atomic mass is 35.5. The predicted molar refractivity (Wildman–Crippen MR) is 61.7 cm³/mol. The van der Waals surface area contributed by atoms with Gasteiger partial charge in [0.05, 0.1) is 10.5 Å². The normalized spacial score (nSPS) is 9.75. The fraction of sp³-hybridized carbons (Fsp3) is 0.333. The number of rotatable bonds is 5. The summed E-state index contributed by atoms with van der Waals surface area (Å²) in [7, 11) is 0. The minimum Gasteiger partial charge on any atom is -0.258 e. The summed E-state index contributed by atoms with van der Waals surface area (Å²) in [5.41, 5.74) is 0.0621. The van der Waals surface area contributed by atoms with Crippen molar-refractivity contribution in [2.45, 2.75) is 11.4 Å². The van der Waals surface area contributed by atoms with Crippen molar-refractivity contribution in [3.63, 3.8) is 0 Å². The van der Waals surface area contributed by atoms with E-state index in [-0.39, 0.29) is 11.3 Å². The summed E-state index contributed by atoms with van der Waals surface area (Å²) in [6, 6.07) is 3.05. The highest BCUT2D eigenvalue weighted by molar-refractivity contribution is 7.99. The maximum Gasteiger partial charge on any atom is 0.302 e. The van der Waals surface area contributed by atoms with Gasteiger partial charge in [0.1, 0.15) is 6.07 Å². The lowest BCUT2D eigenvalue weighted by Crippen LogP contribution is -1.95. The second kappa shape index (κ2) is 6.30. The molecule has 1 rings (SSSR count). The van der Waals surface area contributed by atoms with E-state index in [0.717, 1.165) is 6.42 Å². The van der Waals surface area contributed by atoms with Crippen LogP contribution in [-0.2, 0) is 0 Å². The zero-order valence-electron chi connectivity index (χ0n) is 8.22. The highest BCUT2D eigenvalue weighted by Gasteiger charge is 2.16.